The number of methoxy groups -OCH3 is 1. The number of ether oxygens (including phenoxy) is 2. The summed E-state index contributed by atoms with van der Waals surface area (Å²) in [4.78, 5) is 0. The summed E-state index contributed by atoms with van der Waals surface area (Å²) in [5.74, 6) is 1.37. The average Bonchev–Trinajstić information content (AvgIpc) is 2.71. The quantitative estimate of drug-likeness (QED) is 0.398. The van der Waals surface area contributed by atoms with E-state index in [0.717, 1.165) is 27.7 Å². The summed E-state index contributed by atoms with van der Waals surface area (Å²) in [6.07, 6.45) is 0.993. The highest BCUT2D eigenvalue weighted by molar-refractivity contribution is 9.10. The van der Waals surface area contributed by atoms with Gasteiger partial charge in [-0.2, -0.15) is 0 Å². The van der Waals surface area contributed by atoms with E-state index in [9.17, 15) is 0 Å². The van der Waals surface area contributed by atoms with Gasteiger partial charge in [-0.05, 0) is 69.4 Å². The van der Waals surface area contributed by atoms with Crippen LogP contribution in [0.15, 0.2) is 65.1 Å². The smallest absolute Gasteiger partial charge is 0.175 e. The van der Waals surface area contributed by atoms with E-state index in [1.165, 1.54) is 5.56 Å². The summed E-state index contributed by atoms with van der Waals surface area (Å²) in [6, 6.07) is 20.0. The van der Waals surface area contributed by atoms with E-state index in [1.54, 1.807) is 7.11 Å². The monoisotopic (exact) mass is 459 g/mol. The molecular formula is C23H23BrClNO2. The predicted octanol–water partition coefficient (Wildman–Crippen LogP) is 6.86. The van der Waals surface area contributed by atoms with Crippen molar-refractivity contribution in [3.8, 4) is 11.5 Å². The minimum Gasteiger partial charge on any atom is -0.493 e. The van der Waals surface area contributed by atoms with Crippen LogP contribution < -0.4 is 14.8 Å². The summed E-state index contributed by atoms with van der Waals surface area (Å²) in [5.41, 5.74) is 4.56. The lowest BCUT2D eigenvalue weighted by atomic mass is 10.1. The van der Waals surface area contributed by atoms with Crippen LogP contribution in [0, 0.1) is 0 Å². The first-order valence-corrected chi connectivity index (χ1v) is 10.3. The van der Waals surface area contributed by atoms with Crippen LogP contribution in [0.5, 0.6) is 11.5 Å². The average molecular weight is 461 g/mol. The molecule has 146 valence electrons. The lowest BCUT2D eigenvalue weighted by molar-refractivity contribution is 0.282. The van der Waals surface area contributed by atoms with E-state index in [0.29, 0.717) is 29.7 Å². The molecule has 0 aliphatic carbocycles. The molecule has 0 bridgehead atoms. The molecule has 0 unspecified atom stereocenters. The molecule has 0 amide bonds. The van der Waals surface area contributed by atoms with Crippen molar-refractivity contribution in [3.05, 3.63) is 86.8 Å². The molecule has 0 saturated carbocycles. The van der Waals surface area contributed by atoms with Crippen molar-refractivity contribution in [2.24, 2.45) is 0 Å². The van der Waals surface area contributed by atoms with Crippen LogP contribution in [0.2, 0.25) is 5.02 Å². The third kappa shape index (κ3) is 5.21. The Morgan fingerprint density at radius 2 is 1.82 bits per heavy atom. The van der Waals surface area contributed by atoms with Gasteiger partial charge in [-0.25, -0.2) is 0 Å². The molecule has 3 aromatic rings. The normalized spacial score (nSPS) is 10.6. The van der Waals surface area contributed by atoms with Crippen LogP contribution >= 0.6 is 27.5 Å². The zero-order chi connectivity index (χ0) is 19.9. The van der Waals surface area contributed by atoms with Crippen molar-refractivity contribution in [3.63, 3.8) is 0 Å². The molecule has 0 atom stereocenters. The number of halogens is 2. The van der Waals surface area contributed by atoms with E-state index in [1.807, 2.05) is 36.4 Å². The number of hydrogen-bond donors (Lipinski definition) is 1. The summed E-state index contributed by atoms with van der Waals surface area (Å²) >= 11 is 9.67. The maximum Gasteiger partial charge on any atom is 0.175 e. The second kappa shape index (κ2) is 9.85. The Labute approximate surface area is 179 Å². The zero-order valence-electron chi connectivity index (χ0n) is 16.0. The molecule has 5 heteroatoms. The summed E-state index contributed by atoms with van der Waals surface area (Å²) < 4.78 is 12.4. The first-order valence-electron chi connectivity index (χ1n) is 9.16. The molecule has 3 rings (SSSR count). The highest BCUT2D eigenvalue weighted by Gasteiger charge is 2.12. The van der Waals surface area contributed by atoms with Gasteiger partial charge in [0, 0.05) is 17.3 Å². The van der Waals surface area contributed by atoms with E-state index in [4.69, 9.17) is 21.1 Å². The number of rotatable bonds is 8. The Morgan fingerprint density at radius 1 is 1.00 bits per heavy atom. The summed E-state index contributed by atoms with van der Waals surface area (Å²) in [6.45, 7) is 3.27. The highest BCUT2D eigenvalue weighted by Crippen LogP contribution is 2.37. The largest absolute Gasteiger partial charge is 0.493 e. The van der Waals surface area contributed by atoms with Crippen LogP contribution in [0.1, 0.15) is 23.6 Å². The first kappa shape index (κ1) is 20.6. The van der Waals surface area contributed by atoms with Crippen LogP contribution in [0.25, 0.3) is 0 Å². The third-order valence-corrected chi connectivity index (χ3v) is 5.27. The fraction of sp³-hybridized carbons (Fsp3) is 0.217. The fourth-order valence-electron chi connectivity index (χ4n) is 3.00. The van der Waals surface area contributed by atoms with Gasteiger partial charge in [0.1, 0.15) is 6.61 Å². The molecule has 3 nitrogen and oxygen atoms in total. The second-order valence-corrected chi connectivity index (χ2v) is 7.68. The van der Waals surface area contributed by atoms with Gasteiger partial charge in [-0.1, -0.05) is 48.9 Å². The van der Waals surface area contributed by atoms with Crippen molar-refractivity contribution >= 4 is 33.2 Å². The maximum absolute atomic E-state index is 6.05. The van der Waals surface area contributed by atoms with Crippen LogP contribution in [-0.4, -0.2) is 7.11 Å². The Hall–Kier alpha value is -2.17. The van der Waals surface area contributed by atoms with E-state index >= 15 is 0 Å². The zero-order valence-corrected chi connectivity index (χ0v) is 18.3. The summed E-state index contributed by atoms with van der Waals surface area (Å²) in [5, 5.41) is 4.21. The van der Waals surface area contributed by atoms with Gasteiger partial charge in [0.15, 0.2) is 11.5 Å². The van der Waals surface area contributed by atoms with Gasteiger partial charge in [0.2, 0.25) is 0 Å². The Kier molecular flexibility index (Phi) is 7.24. The molecule has 3 aromatic carbocycles. The Bertz CT molecular complexity index is 946. The topological polar surface area (TPSA) is 30.5 Å². The van der Waals surface area contributed by atoms with E-state index in [-0.39, 0.29) is 0 Å². The Morgan fingerprint density at radius 3 is 2.57 bits per heavy atom. The number of hydrogen-bond acceptors (Lipinski definition) is 3. The minimum atomic E-state index is 0.414. The van der Waals surface area contributed by atoms with Crippen LogP contribution in [-0.2, 0) is 19.6 Å². The molecule has 0 aromatic heterocycles. The lowest BCUT2D eigenvalue weighted by Crippen LogP contribution is -2.04. The maximum atomic E-state index is 6.05. The van der Waals surface area contributed by atoms with E-state index < -0.39 is 0 Å². The number of anilines is 1. The molecular weight excluding hydrogens is 438 g/mol. The third-order valence-electron chi connectivity index (χ3n) is 4.44. The molecule has 0 fully saturated rings. The molecule has 0 aliphatic heterocycles. The highest BCUT2D eigenvalue weighted by atomic mass is 79.9. The predicted molar refractivity (Wildman–Crippen MR) is 120 cm³/mol. The van der Waals surface area contributed by atoms with Crippen molar-refractivity contribution in [2.45, 2.75) is 26.5 Å². The van der Waals surface area contributed by atoms with Gasteiger partial charge in [0.25, 0.3) is 0 Å². The van der Waals surface area contributed by atoms with Gasteiger partial charge in [-0.15, -0.1) is 0 Å². The molecule has 0 radical (unpaired) electrons. The van der Waals surface area contributed by atoms with Crippen LogP contribution in [0.3, 0.4) is 0 Å². The van der Waals surface area contributed by atoms with Gasteiger partial charge >= 0.3 is 0 Å². The van der Waals surface area contributed by atoms with Gasteiger partial charge in [-0.3, -0.25) is 0 Å². The SMILES string of the molecule is CCc1ccccc1NCc1cc(Br)c(OCc2cccc(Cl)c2)c(OC)c1. The molecule has 1 N–H and O–H groups in total. The molecule has 0 heterocycles. The standard InChI is InChI=1S/C23H23BrClNO2/c1-3-18-8-4-5-10-21(18)26-14-17-12-20(24)23(22(13-17)27-2)28-15-16-7-6-9-19(25)11-16/h4-13,26H,3,14-15H2,1-2H3. The van der Waals surface area contributed by atoms with Crippen molar-refractivity contribution in [1.82, 2.24) is 0 Å². The molecule has 0 saturated heterocycles. The van der Waals surface area contributed by atoms with E-state index in [2.05, 4.69) is 52.4 Å². The number of nitrogens with one attached hydrogen (secondary N) is 1. The Balaban J connectivity index is 1.73. The number of benzene rings is 3. The number of para-hydroxylation sites is 1. The van der Waals surface area contributed by atoms with Gasteiger partial charge in [0.05, 0.1) is 11.6 Å². The fourth-order valence-corrected chi connectivity index (χ4v) is 3.81. The molecule has 0 spiro atoms. The van der Waals surface area contributed by atoms with Crippen LogP contribution in [0.4, 0.5) is 5.69 Å². The minimum absolute atomic E-state index is 0.414. The summed E-state index contributed by atoms with van der Waals surface area (Å²) in [7, 11) is 1.65. The number of aryl methyl sites for hydroxylation is 1. The molecule has 28 heavy (non-hydrogen) atoms. The first-order chi connectivity index (χ1) is 13.6. The second-order valence-electron chi connectivity index (χ2n) is 6.39. The van der Waals surface area contributed by atoms with Gasteiger partial charge < -0.3 is 14.8 Å². The van der Waals surface area contributed by atoms with Crippen molar-refractivity contribution in [2.75, 3.05) is 12.4 Å². The molecule has 0 aliphatic rings. The van der Waals surface area contributed by atoms with Crippen molar-refractivity contribution < 1.29 is 9.47 Å². The lowest BCUT2D eigenvalue weighted by Gasteiger charge is -2.16. The van der Waals surface area contributed by atoms with Crippen molar-refractivity contribution in [1.29, 1.82) is 0 Å².